The third kappa shape index (κ3) is 13.5. The van der Waals surface area contributed by atoms with Crippen LogP contribution >= 0.6 is 0 Å². The molecule has 2 aromatic carbocycles. The van der Waals surface area contributed by atoms with Crippen LogP contribution in [-0.4, -0.2) is 74.6 Å². The van der Waals surface area contributed by atoms with Crippen LogP contribution in [0.5, 0.6) is 0 Å². The minimum absolute atomic E-state index is 0.0808. The number of benzene rings is 2. The first-order valence-corrected chi connectivity index (χ1v) is 10.1. The third-order valence-electron chi connectivity index (χ3n) is 3.59. The van der Waals surface area contributed by atoms with Crippen molar-refractivity contribution in [3.05, 3.63) is 74.1 Å². The van der Waals surface area contributed by atoms with Gasteiger partial charge in [0.15, 0.2) is 17.5 Å². The van der Waals surface area contributed by atoms with Gasteiger partial charge < -0.3 is 24.4 Å². The predicted octanol–water partition coefficient (Wildman–Crippen LogP) is 3.62. The Labute approximate surface area is 245 Å². The first-order chi connectivity index (χ1) is 24.4. The maximum Gasteiger partial charge on any atom is 0.302 e. The fourth-order valence-corrected chi connectivity index (χ4v) is 2.06. The summed E-state index contributed by atoms with van der Waals surface area (Å²) < 4.78 is 169. The fourth-order valence-electron chi connectivity index (χ4n) is 2.06. The fraction of sp³-hybridized carbons (Fsp3) is 0.458. The summed E-state index contributed by atoms with van der Waals surface area (Å²) in [6, 6.07) is 4.01. The van der Waals surface area contributed by atoms with E-state index in [4.69, 9.17) is 21.9 Å². The normalized spacial score (nSPS) is 30.6. The summed E-state index contributed by atoms with van der Waals surface area (Å²) in [7, 11) is 0. The Morgan fingerprint density at radius 2 is 1.46 bits per heavy atom. The smallest absolute Gasteiger partial charge is 0.302 e. The van der Waals surface area contributed by atoms with E-state index in [9.17, 15) is 38.2 Å². The molecule has 0 unspecified atom stereocenters. The van der Waals surface area contributed by atoms with Gasteiger partial charge in [0.25, 0.3) is 11.4 Å². The molecule has 0 amide bonds. The molecule has 1 N–H and O–H groups in total. The van der Waals surface area contributed by atoms with E-state index in [-0.39, 0.29) is 10.9 Å². The number of carbonyl (C=O) groups excluding carboxylic acids is 1. The molecule has 2 saturated heterocycles. The molecule has 0 spiro atoms. The number of nitrogens with one attached hydrogen (secondary N) is 1. The summed E-state index contributed by atoms with van der Waals surface area (Å²) in [6.45, 7) is -21.1. The van der Waals surface area contributed by atoms with Crippen LogP contribution in [0, 0.1) is 37.7 Å². The third-order valence-corrected chi connectivity index (χ3v) is 3.59. The molecule has 2 fully saturated rings. The van der Waals surface area contributed by atoms with Crippen molar-refractivity contribution in [2.75, 3.05) is 63.7 Å². The van der Waals surface area contributed by atoms with Gasteiger partial charge in [-0.2, -0.15) is 0 Å². The molecule has 216 valence electrons. The van der Waals surface area contributed by atoms with E-state index in [0.29, 0.717) is 30.9 Å². The molecular weight excluding hydrogens is 529 g/mol. The zero-order valence-electron chi connectivity index (χ0n) is 35.9. The molecule has 0 aromatic heterocycles. The molecule has 0 bridgehead atoms. The molecular formula is C24H31F3N4O8. The lowest BCUT2D eigenvalue weighted by Gasteiger charge is -2.28. The van der Waals surface area contributed by atoms with Crippen LogP contribution < -0.4 is 10.2 Å². The number of esters is 1. The second-order valence-electron chi connectivity index (χ2n) is 6.22. The van der Waals surface area contributed by atoms with E-state index in [1.807, 2.05) is 0 Å². The highest BCUT2D eigenvalue weighted by Gasteiger charge is 2.17. The number of non-ortho nitro benzene ring substituents is 2. The lowest BCUT2D eigenvalue weighted by molar-refractivity contribution is -0.385. The van der Waals surface area contributed by atoms with E-state index in [2.05, 4.69) is 14.2 Å². The first kappa shape index (κ1) is 15.7. The van der Waals surface area contributed by atoms with E-state index >= 15 is 0 Å². The van der Waals surface area contributed by atoms with Crippen molar-refractivity contribution in [2.24, 2.45) is 0 Å². The van der Waals surface area contributed by atoms with Crippen LogP contribution in [0.1, 0.15) is 35.8 Å². The summed E-state index contributed by atoms with van der Waals surface area (Å²) in [6.07, 6.45) is 0. The molecule has 2 aromatic rings. The molecule has 2 heterocycles. The Hall–Kier alpha value is -3.82. The van der Waals surface area contributed by atoms with Gasteiger partial charge in [0, 0.05) is 50.5 Å². The van der Waals surface area contributed by atoms with Gasteiger partial charge in [0.2, 0.25) is 0 Å². The van der Waals surface area contributed by atoms with E-state index < -0.39 is 96.6 Å². The van der Waals surface area contributed by atoms with Crippen molar-refractivity contribution in [1.82, 2.24) is 5.32 Å². The van der Waals surface area contributed by atoms with Crippen LogP contribution in [0.25, 0.3) is 0 Å². The van der Waals surface area contributed by atoms with Gasteiger partial charge >= 0.3 is 5.97 Å². The predicted molar refractivity (Wildman–Crippen MR) is 135 cm³/mol. The summed E-state index contributed by atoms with van der Waals surface area (Å²) in [4.78, 5) is 28.6. The summed E-state index contributed by atoms with van der Waals surface area (Å²) in [5.74, 6) is -3.92. The topological polar surface area (TPSA) is 146 Å². The maximum atomic E-state index is 14.2. The van der Waals surface area contributed by atoms with Gasteiger partial charge in [-0.15, -0.1) is 0 Å². The van der Waals surface area contributed by atoms with Crippen molar-refractivity contribution in [2.45, 2.75) is 13.8 Å². The van der Waals surface area contributed by atoms with Gasteiger partial charge in [0.05, 0.1) is 77.0 Å². The lowest BCUT2D eigenvalue weighted by atomic mass is 10.2. The van der Waals surface area contributed by atoms with E-state index in [0.717, 1.165) is 12.1 Å². The quantitative estimate of drug-likeness (QED) is 0.325. The molecule has 39 heavy (non-hydrogen) atoms. The highest BCUT2D eigenvalue weighted by molar-refractivity contribution is 5.65. The van der Waals surface area contributed by atoms with Crippen LogP contribution in [0.4, 0.5) is 30.2 Å². The Kier molecular flexibility index (Phi) is 7.42. The number of hydrogen-bond donors (Lipinski definition) is 1. The van der Waals surface area contributed by atoms with Gasteiger partial charge in [0.1, 0.15) is 0 Å². The average molecular weight is 577 g/mol. The molecule has 15 heteroatoms. The van der Waals surface area contributed by atoms with Crippen molar-refractivity contribution >= 4 is 23.0 Å². The molecule has 0 radical (unpaired) electrons. The number of ether oxygens (including phenoxy) is 3. The number of nitro groups is 2. The molecule has 0 atom stereocenters. The minimum atomic E-state index is -3.34. The van der Waals surface area contributed by atoms with Crippen molar-refractivity contribution in [1.29, 1.82) is 0 Å². The number of nitro benzene ring substituents is 2. The van der Waals surface area contributed by atoms with Gasteiger partial charge in [-0.25, -0.2) is 13.2 Å². The molecule has 4 rings (SSSR count). The number of rotatable bonds is 4. The number of hydrogen-bond acceptors (Lipinski definition) is 10. The summed E-state index contributed by atoms with van der Waals surface area (Å²) in [5.41, 5.74) is -2.02. The largest absolute Gasteiger partial charge is 0.466 e. The Bertz CT molecular complexity index is 1670. The van der Waals surface area contributed by atoms with Gasteiger partial charge in [-0.05, 0) is 19.1 Å². The van der Waals surface area contributed by atoms with Gasteiger partial charge in [-0.3, -0.25) is 25.0 Å². The molecule has 0 aliphatic carbocycles. The number of morpholine rings is 2. The zero-order chi connectivity index (χ0) is 43.6. The lowest BCUT2D eigenvalue weighted by Crippen LogP contribution is -2.36. The van der Waals surface area contributed by atoms with Crippen LogP contribution in [0.15, 0.2) is 36.4 Å². The monoisotopic (exact) mass is 576 g/mol. The zero-order valence-corrected chi connectivity index (χ0v) is 19.9. The molecule has 0 saturated carbocycles. The highest BCUT2D eigenvalue weighted by atomic mass is 19.2. The van der Waals surface area contributed by atoms with Crippen LogP contribution in [0.2, 0.25) is 0 Å². The average Bonchev–Trinajstić information content (AvgIpc) is 2.97. The van der Waals surface area contributed by atoms with Crippen molar-refractivity contribution in [3.8, 4) is 0 Å². The Morgan fingerprint density at radius 3 is 1.87 bits per heavy atom. The van der Waals surface area contributed by atoms with E-state index in [1.165, 1.54) is 6.92 Å². The first-order valence-electron chi connectivity index (χ1n) is 18.1. The second-order valence-corrected chi connectivity index (χ2v) is 6.22. The number of nitrogens with zero attached hydrogens (tertiary/aromatic N) is 3. The summed E-state index contributed by atoms with van der Waals surface area (Å²) >= 11 is 0. The highest BCUT2D eigenvalue weighted by Crippen LogP contribution is 2.24. The second kappa shape index (κ2) is 18.4. The maximum absolute atomic E-state index is 14.2. The number of anilines is 1. The van der Waals surface area contributed by atoms with Crippen molar-refractivity contribution in [3.63, 3.8) is 0 Å². The van der Waals surface area contributed by atoms with E-state index in [1.54, 1.807) is 12.2 Å². The standard InChI is InChI=1S/C10H11FN2O3.C6H3F2NO2.C4H9NO.C4H8O2/c11-9-7-8(13(14)15)1-2-10(9)12-3-5-16-6-4-12;7-5-2-1-4(9(10)11)3-6(5)8;1-3-6-4-2-5-1;1-3-6-4(2)5/h1-2,7H,3-6H2;1-3H;5H,1-4H2;3H2,1-2H3/i3D2,4D2,5D2,6D2;;1D2,2D2,3D2,4D2;. The summed E-state index contributed by atoms with van der Waals surface area (Å²) in [5, 5.41) is 22.2. The number of halogens is 3. The Morgan fingerprint density at radius 1 is 0.949 bits per heavy atom. The van der Waals surface area contributed by atoms with Crippen LogP contribution in [0.3, 0.4) is 0 Å². The van der Waals surface area contributed by atoms with Crippen molar-refractivity contribution < 1.29 is 64.0 Å². The minimum Gasteiger partial charge on any atom is -0.466 e. The molecule has 2 aliphatic heterocycles. The molecule has 12 nitrogen and oxygen atoms in total. The number of carbonyl (C=O) groups is 1. The van der Waals surface area contributed by atoms with Gasteiger partial charge in [-0.1, -0.05) is 0 Å². The Balaban J connectivity index is 0.000000412. The SMILES string of the molecule is CCOC(C)=O.O=[N+]([O-])c1ccc(F)c(F)c1.[2H]C1([2H])NC([2H])([2H])C([2H])([2H])OC1([2H])[2H].[2H]C1([2H])OC([2H])([2H])C([2H])([2H])N(c2ccc([N+](=O)[O-])cc2F)C1([2H])[2H]. The van der Waals surface area contributed by atoms with Crippen LogP contribution in [-0.2, 0) is 19.0 Å². The molecule has 2 aliphatic rings.